The molecule has 19 heavy (non-hydrogen) atoms. The molecule has 7 heteroatoms. The molecule has 2 heterocycles. The van der Waals surface area contributed by atoms with Crippen molar-refractivity contribution >= 4 is 17.6 Å². The molecule has 0 radical (unpaired) electrons. The number of carbonyl (C=O) groups excluding carboxylic acids is 1. The topological polar surface area (TPSA) is 115 Å². The highest BCUT2D eigenvalue weighted by Gasteiger charge is 2.11. The predicted octanol–water partition coefficient (Wildman–Crippen LogP) is 0.976. The van der Waals surface area contributed by atoms with Gasteiger partial charge in [-0.15, -0.1) is 0 Å². The lowest BCUT2D eigenvalue weighted by Crippen LogP contribution is -2.11. The summed E-state index contributed by atoms with van der Waals surface area (Å²) in [6, 6.07) is 5.53. The van der Waals surface area contributed by atoms with Crippen molar-refractivity contribution in [3.8, 4) is 5.75 Å². The predicted molar refractivity (Wildman–Crippen MR) is 64.8 cm³/mol. The van der Waals surface area contributed by atoms with Gasteiger partial charge in [-0.1, -0.05) is 0 Å². The van der Waals surface area contributed by atoms with E-state index in [1.54, 1.807) is 0 Å². The van der Waals surface area contributed by atoms with Crippen molar-refractivity contribution in [2.45, 2.75) is 0 Å². The summed E-state index contributed by atoms with van der Waals surface area (Å²) in [5.74, 6) is -1.70. The second-order valence-electron chi connectivity index (χ2n) is 3.55. The molecule has 2 aromatic heterocycles. The normalized spacial score (nSPS) is 9.89. The molecule has 0 amide bonds. The van der Waals surface area contributed by atoms with Gasteiger partial charge in [-0.25, -0.2) is 19.6 Å². The molecule has 0 aliphatic carbocycles. The lowest BCUT2D eigenvalue weighted by molar-refractivity contribution is 0.0690. The van der Waals surface area contributed by atoms with Gasteiger partial charge in [0.1, 0.15) is 17.1 Å². The van der Waals surface area contributed by atoms with Crippen LogP contribution in [-0.2, 0) is 0 Å². The molecule has 0 aromatic carbocycles. The Kier molecular flexibility index (Phi) is 3.37. The second-order valence-corrected chi connectivity index (χ2v) is 3.55. The number of esters is 1. The van der Waals surface area contributed by atoms with E-state index in [0.717, 1.165) is 6.20 Å². The van der Waals surface area contributed by atoms with E-state index in [2.05, 4.69) is 9.97 Å². The van der Waals surface area contributed by atoms with Crippen LogP contribution in [0, 0.1) is 0 Å². The van der Waals surface area contributed by atoms with Crippen LogP contribution >= 0.6 is 0 Å². The Balaban J connectivity index is 2.10. The van der Waals surface area contributed by atoms with Gasteiger partial charge in [0.05, 0.1) is 18.1 Å². The highest BCUT2D eigenvalue weighted by atomic mass is 16.5. The molecule has 0 saturated heterocycles. The zero-order valence-corrected chi connectivity index (χ0v) is 9.61. The molecule has 0 saturated carbocycles. The minimum Gasteiger partial charge on any atom is -0.477 e. The number of hydrogen-bond acceptors (Lipinski definition) is 6. The van der Waals surface area contributed by atoms with Crippen LogP contribution in [0.4, 0.5) is 5.69 Å². The summed E-state index contributed by atoms with van der Waals surface area (Å²) in [6.07, 6.45) is 2.49. The first-order chi connectivity index (χ1) is 9.06. The minimum absolute atomic E-state index is 0.0940. The molecule has 0 spiro atoms. The lowest BCUT2D eigenvalue weighted by atomic mass is 10.3. The number of ether oxygens (including phenoxy) is 1. The lowest BCUT2D eigenvalue weighted by Gasteiger charge is -2.03. The molecule has 3 N–H and O–H groups in total. The molecule has 0 atom stereocenters. The van der Waals surface area contributed by atoms with E-state index in [9.17, 15) is 9.59 Å². The minimum atomic E-state index is -1.15. The van der Waals surface area contributed by atoms with Gasteiger partial charge in [-0.2, -0.15) is 0 Å². The number of rotatable bonds is 3. The number of anilines is 1. The summed E-state index contributed by atoms with van der Waals surface area (Å²) in [5, 5.41) is 8.67. The van der Waals surface area contributed by atoms with E-state index in [-0.39, 0.29) is 17.1 Å². The first-order valence-corrected chi connectivity index (χ1v) is 5.19. The molecule has 7 nitrogen and oxygen atoms in total. The highest BCUT2D eigenvalue weighted by Crippen LogP contribution is 2.11. The Morgan fingerprint density at radius 1 is 1.05 bits per heavy atom. The zero-order chi connectivity index (χ0) is 13.8. The first-order valence-electron chi connectivity index (χ1n) is 5.19. The van der Waals surface area contributed by atoms with Gasteiger partial charge in [0.25, 0.3) is 0 Å². The smallest absolute Gasteiger partial charge is 0.362 e. The van der Waals surface area contributed by atoms with Gasteiger partial charge in [-0.3, -0.25) is 0 Å². The Hall–Kier alpha value is -2.96. The van der Waals surface area contributed by atoms with Crippen LogP contribution in [0.25, 0.3) is 0 Å². The van der Waals surface area contributed by atoms with Crippen molar-refractivity contribution < 1.29 is 19.4 Å². The molecule has 96 valence electrons. The number of hydrogen-bond donors (Lipinski definition) is 2. The van der Waals surface area contributed by atoms with E-state index in [4.69, 9.17) is 15.6 Å². The average molecular weight is 259 g/mol. The van der Waals surface area contributed by atoms with E-state index >= 15 is 0 Å². The number of nitrogen functional groups attached to an aromatic ring is 1. The largest absolute Gasteiger partial charge is 0.477 e. The van der Waals surface area contributed by atoms with E-state index in [1.165, 1.54) is 30.5 Å². The van der Waals surface area contributed by atoms with E-state index in [1.807, 2.05) is 0 Å². The number of aromatic carboxylic acids is 1. The molecule has 0 bridgehead atoms. The number of nitrogens with zero attached hydrogens (tertiary/aromatic N) is 2. The number of nitrogens with two attached hydrogens (primary N) is 1. The number of carbonyl (C=O) groups is 2. The third kappa shape index (κ3) is 3.03. The monoisotopic (exact) mass is 259 g/mol. The van der Waals surface area contributed by atoms with Crippen molar-refractivity contribution in [1.82, 2.24) is 9.97 Å². The molecule has 2 aromatic rings. The van der Waals surface area contributed by atoms with Crippen LogP contribution in [0.3, 0.4) is 0 Å². The van der Waals surface area contributed by atoms with E-state index in [0.29, 0.717) is 5.69 Å². The van der Waals surface area contributed by atoms with Crippen molar-refractivity contribution in [2.75, 3.05) is 5.73 Å². The fourth-order valence-corrected chi connectivity index (χ4v) is 1.25. The quantitative estimate of drug-likeness (QED) is 0.789. The number of aromatic nitrogens is 2. The number of pyridine rings is 2. The van der Waals surface area contributed by atoms with Gasteiger partial charge in [0.15, 0.2) is 0 Å². The van der Waals surface area contributed by atoms with Crippen LogP contribution in [0.2, 0.25) is 0 Å². The van der Waals surface area contributed by atoms with Crippen LogP contribution in [0.5, 0.6) is 5.75 Å². The van der Waals surface area contributed by atoms with Crippen LogP contribution in [-0.4, -0.2) is 27.0 Å². The summed E-state index contributed by atoms with van der Waals surface area (Å²) in [6.45, 7) is 0. The van der Waals surface area contributed by atoms with Crippen LogP contribution < -0.4 is 10.5 Å². The maximum atomic E-state index is 11.7. The summed E-state index contributed by atoms with van der Waals surface area (Å²) >= 11 is 0. The fourth-order valence-electron chi connectivity index (χ4n) is 1.25. The molecule has 0 aliphatic rings. The average Bonchev–Trinajstić information content (AvgIpc) is 2.40. The Bertz CT molecular complexity index is 608. The highest BCUT2D eigenvalue weighted by molar-refractivity contribution is 5.89. The van der Waals surface area contributed by atoms with Crippen molar-refractivity contribution in [3.63, 3.8) is 0 Å². The molecule has 0 aliphatic heterocycles. The first kappa shape index (κ1) is 12.5. The summed E-state index contributed by atoms with van der Waals surface area (Å²) in [4.78, 5) is 29.7. The molecular weight excluding hydrogens is 250 g/mol. The standard InChI is InChI=1S/C12H9N3O4/c13-7-1-3-10(14-5-7)12(18)19-8-2-4-9(11(16)17)15-6-8/h1-6H,13H2,(H,16,17). The van der Waals surface area contributed by atoms with Gasteiger partial charge < -0.3 is 15.6 Å². The Labute approximate surface area is 107 Å². The third-order valence-corrected chi connectivity index (χ3v) is 2.16. The van der Waals surface area contributed by atoms with Crippen molar-refractivity contribution in [1.29, 1.82) is 0 Å². The zero-order valence-electron chi connectivity index (χ0n) is 9.61. The second kappa shape index (κ2) is 5.13. The van der Waals surface area contributed by atoms with Gasteiger partial charge in [0, 0.05) is 0 Å². The molecule has 0 fully saturated rings. The maximum Gasteiger partial charge on any atom is 0.362 e. The van der Waals surface area contributed by atoms with Crippen LogP contribution in [0.15, 0.2) is 36.7 Å². The SMILES string of the molecule is Nc1ccc(C(=O)Oc2ccc(C(=O)O)nc2)nc1. The van der Waals surface area contributed by atoms with Crippen molar-refractivity contribution in [2.24, 2.45) is 0 Å². The number of carboxylic acids is 1. The molecule has 0 unspecified atom stereocenters. The molecular formula is C12H9N3O4. The summed E-state index contributed by atoms with van der Waals surface area (Å²) in [7, 11) is 0. The van der Waals surface area contributed by atoms with E-state index < -0.39 is 11.9 Å². The summed E-state index contributed by atoms with van der Waals surface area (Å²) < 4.78 is 4.98. The Morgan fingerprint density at radius 3 is 2.26 bits per heavy atom. The summed E-state index contributed by atoms with van der Waals surface area (Å²) in [5.41, 5.74) is 5.84. The third-order valence-electron chi connectivity index (χ3n) is 2.16. The van der Waals surface area contributed by atoms with Gasteiger partial charge in [-0.05, 0) is 24.3 Å². The van der Waals surface area contributed by atoms with Crippen LogP contribution in [0.1, 0.15) is 21.0 Å². The molecule has 2 rings (SSSR count). The van der Waals surface area contributed by atoms with Gasteiger partial charge in [0.2, 0.25) is 0 Å². The fraction of sp³-hybridized carbons (Fsp3) is 0. The van der Waals surface area contributed by atoms with Gasteiger partial charge >= 0.3 is 11.9 Å². The number of carboxylic acid groups (broad SMARTS) is 1. The van der Waals surface area contributed by atoms with Crippen molar-refractivity contribution in [3.05, 3.63) is 48.0 Å². The Morgan fingerprint density at radius 2 is 1.74 bits per heavy atom. The maximum absolute atomic E-state index is 11.7.